The summed E-state index contributed by atoms with van der Waals surface area (Å²) in [7, 11) is 0. The van der Waals surface area contributed by atoms with Crippen LogP contribution in [0.3, 0.4) is 0 Å². The summed E-state index contributed by atoms with van der Waals surface area (Å²) in [5.74, 6) is 0. The van der Waals surface area contributed by atoms with E-state index in [1.165, 1.54) is 12.1 Å². The molecule has 0 spiro atoms. The normalized spacial score (nSPS) is 14.6. The molecule has 3 rings (SSSR count). The van der Waals surface area contributed by atoms with Gasteiger partial charge in [0.15, 0.2) is 0 Å². The Morgan fingerprint density at radius 1 is 0.900 bits per heavy atom. The average molecular weight is 277 g/mol. The maximum atomic E-state index is 13.1. The fourth-order valence-corrected chi connectivity index (χ4v) is 2.70. The minimum Gasteiger partial charge on any atom is -0.384 e. The number of halogens is 3. The number of fused-ring (bicyclic) bond motifs is 1. The zero-order valence-electron chi connectivity index (χ0n) is 10.8. The summed E-state index contributed by atoms with van der Waals surface area (Å²) in [6, 6.07) is 11.3. The van der Waals surface area contributed by atoms with Crippen LogP contribution in [-0.2, 0) is 12.6 Å². The highest BCUT2D eigenvalue weighted by molar-refractivity contribution is 5.82. The molecule has 1 aliphatic heterocycles. The number of anilines is 1. The third-order valence-electron chi connectivity index (χ3n) is 3.60. The number of rotatable bonds is 1. The molecular weight excluding hydrogens is 263 g/mol. The lowest BCUT2D eigenvalue weighted by Gasteiger charge is -2.23. The first-order valence-corrected chi connectivity index (χ1v) is 6.60. The highest BCUT2D eigenvalue weighted by Gasteiger charge is 2.34. The van der Waals surface area contributed by atoms with Gasteiger partial charge >= 0.3 is 6.18 Å². The van der Waals surface area contributed by atoms with Crippen molar-refractivity contribution in [1.29, 1.82) is 0 Å². The molecule has 0 bridgehead atoms. The first kappa shape index (κ1) is 13.0. The molecule has 0 saturated heterocycles. The maximum absolute atomic E-state index is 13.1. The van der Waals surface area contributed by atoms with Gasteiger partial charge in [-0.3, -0.25) is 0 Å². The summed E-state index contributed by atoms with van der Waals surface area (Å²) in [5, 5.41) is 3.24. The molecule has 0 fully saturated rings. The van der Waals surface area contributed by atoms with Gasteiger partial charge in [-0.1, -0.05) is 36.4 Å². The number of hydrogen-bond donors (Lipinski definition) is 1. The molecule has 0 aliphatic carbocycles. The molecule has 4 heteroatoms. The second-order valence-electron chi connectivity index (χ2n) is 4.91. The van der Waals surface area contributed by atoms with Crippen molar-refractivity contribution in [3.8, 4) is 11.1 Å². The van der Waals surface area contributed by atoms with E-state index in [9.17, 15) is 13.2 Å². The highest BCUT2D eigenvalue weighted by atomic mass is 19.4. The van der Waals surface area contributed by atoms with Crippen molar-refractivity contribution in [2.45, 2.75) is 19.0 Å². The standard InChI is InChI=1S/C16H14F3N/c17-16(18,19)14-9-2-1-7-12(14)13-8-3-5-11-6-4-10-20-15(11)13/h1-3,5,7-9,20H,4,6,10H2. The van der Waals surface area contributed by atoms with Crippen LogP contribution in [0, 0.1) is 0 Å². The van der Waals surface area contributed by atoms with Crippen LogP contribution >= 0.6 is 0 Å². The van der Waals surface area contributed by atoms with Crippen molar-refractivity contribution < 1.29 is 13.2 Å². The van der Waals surface area contributed by atoms with Crippen molar-refractivity contribution in [2.24, 2.45) is 0 Å². The second-order valence-corrected chi connectivity index (χ2v) is 4.91. The number of hydrogen-bond acceptors (Lipinski definition) is 1. The van der Waals surface area contributed by atoms with Crippen LogP contribution in [0.4, 0.5) is 18.9 Å². The quantitative estimate of drug-likeness (QED) is 0.794. The number of para-hydroxylation sites is 1. The van der Waals surface area contributed by atoms with E-state index in [2.05, 4.69) is 5.32 Å². The molecule has 1 N–H and O–H groups in total. The number of aryl methyl sites for hydroxylation is 1. The number of nitrogens with one attached hydrogen (secondary N) is 1. The van der Waals surface area contributed by atoms with E-state index in [1.54, 1.807) is 12.1 Å². The Kier molecular flexibility index (Phi) is 3.16. The monoisotopic (exact) mass is 277 g/mol. The zero-order valence-corrected chi connectivity index (χ0v) is 10.8. The predicted octanol–water partition coefficient (Wildman–Crippen LogP) is 4.73. The van der Waals surface area contributed by atoms with Crippen LogP contribution in [0.1, 0.15) is 17.5 Å². The van der Waals surface area contributed by atoms with Crippen LogP contribution in [-0.4, -0.2) is 6.54 Å². The van der Waals surface area contributed by atoms with Crippen LogP contribution in [0.2, 0.25) is 0 Å². The van der Waals surface area contributed by atoms with Crippen molar-refractivity contribution in [3.63, 3.8) is 0 Å². The average Bonchev–Trinajstić information content (AvgIpc) is 2.46. The summed E-state index contributed by atoms with van der Waals surface area (Å²) in [6.45, 7) is 0.804. The minimum atomic E-state index is -4.34. The zero-order chi connectivity index (χ0) is 14.2. The van der Waals surface area contributed by atoms with Crippen molar-refractivity contribution in [2.75, 3.05) is 11.9 Å². The van der Waals surface area contributed by atoms with Crippen LogP contribution in [0.15, 0.2) is 42.5 Å². The lowest BCUT2D eigenvalue weighted by molar-refractivity contribution is -0.137. The Morgan fingerprint density at radius 3 is 2.45 bits per heavy atom. The highest BCUT2D eigenvalue weighted by Crippen LogP contribution is 2.41. The summed E-state index contributed by atoms with van der Waals surface area (Å²) in [5.41, 5.74) is 2.23. The molecule has 0 radical (unpaired) electrons. The number of benzene rings is 2. The van der Waals surface area contributed by atoms with Gasteiger partial charge in [0.1, 0.15) is 0 Å². The summed E-state index contributed by atoms with van der Waals surface area (Å²) < 4.78 is 39.4. The first-order chi connectivity index (χ1) is 9.57. The Bertz CT molecular complexity index is 632. The van der Waals surface area contributed by atoms with Gasteiger partial charge in [-0.2, -0.15) is 13.2 Å². The van der Waals surface area contributed by atoms with E-state index in [1.807, 2.05) is 12.1 Å². The smallest absolute Gasteiger partial charge is 0.384 e. The van der Waals surface area contributed by atoms with E-state index in [0.717, 1.165) is 36.7 Å². The summed E-state index contributed by atoms with van der Waals surface area (Å²) >= 11 is 0. The first-order valence-electron chi connectivity index (χ1n) is 6.60. The van der Waals surface area contributed by atoms with Gasteiger partial charge in [0.05, 0.1) is 5.56 Å². The van der Waals surface area contributed by atoms with Crippen LogP contribution in [0.5, 0.6) is 0 Å². The molecule has 1 nitrogen and oxygen atoms in total. The number of alkyl halides is 3. The largest absolute Gasteiger partial charge is 0.417 e. The van der Waals surface area contributed by atoms with Crippen LogP contribution in [0.25, 0.3) is 11.1 Å². The third-order valence-corrected chi connectivity index (χ3v) is 3.60. The lowest BCUT2D eigenvalue weighted by Crippen LogP contribution is -2.14. The van der Waals surface area contributed by atoms with Crippen molar-refractivity contribution in [3.05, 3.63) is 53.6 Å². The fraction of sp³-hybridized carbons (Fsp3) is 0.250. The second kappa shape index (κ2) is 4.85. The Labute approximate surface area is 115 Å². The Hall–Kier alpha value is -1.97. The maximum Gasteiger partial charge on any atom is 0.417 e. The molecule has 0 aromatic heterocycles. The van der Waals surface area contributed by atoms with Crippen molar-refractivity contribution >= 4 is 5.69 Å². The van der Waals surface area contributed by atoms with Crippen LogP contribution < -0.4 is 5.32 Å². The molecule has 0 unspecified atom stereocenters. The third kappa shape index (κ3) is 2.26. The van der Waals surface area contributed by atoms with Gasteiger partial charge in [0, 0.05) is 17.8 Å². The van der Waals surface area contributed by atoms with E-state index in [-0.39, 0.29) is 5.56 Å². The van der Waals surface area contributed by atoms with Gasteiger partial charge < -0.3 is 5.32 Å². The van der Waals surface area contributed by atoms with Gasteiger partial charge in [0.2, 0.25) is 0 Å². The molecule has 0 saturated carbocycles. The Balaban J connectivity index is 2.20. The Morgan fingerprint density at radius 2 is 1.65 bits per heavy atom. The van der Waals surface area contributed by atoms with Gasteiger partial charge in [-0.25, -0.2) is 0 Å². The molecule has 0 atom stereocenters. The minimum absolute atomic E-state index is 0.242. The van der Waals surface area contributed by atoms with E-state index < -0.39 is 11.7 Å². The summed E-state index contributed by atoms with van der Waals surface area (Å²) in [6.07, 6.45) is -2.42. The molecule has 2 aromatic carbocycles. The van der Waals surface area contributed by atoms with Gasteiger partial charge in [-0.15, -0.1) is 0 Å². The fourth-order valence-electron chi connectivity index (χ4n) is 2.70. The van der Waals surface area contributed by atoms with E-state index in [0.29, 0.717) is 5.56 Å². The van der Waals surface area contributed by atoms with E-state index >= 15 is 0 Å². The van der Waals surface area contributed by atoms with Crippen molar-refractivity contribution in [1.82, 2.24) is 0 Å². The van der Waals surface area contributed by atoms with Gasteiger partial charge in [-0.05, 0) is 30.0 Å². The SMILES string of the molecule is FC(F)(F)c1ccccc1-c1cccc2c1NCCC2. The van der Waals surface area contributed by atoms with E-state index in [4.69, 9.17) is 0 Å². The predicted molar refractivity (Wildman–Crippen MR) is 73.7 cm³/mol. The molecule has 1 heterocycles. The summed E-state index contributed by atoms with van der Waals surface area (Å²) in [4.78, 5) is 0. The molecule has 20 heavy (non-hydrogen) atoms. The topological polar surface area (TPSA) is 12.0 Å². The molecule has 104 valence electrons. The molecule has 1 aliphatic rings. The molecule has 2 aromatic rings. The molecular formula is C16H14F3N. The lowest BCUT2D eigenvalue weighted by atomic mass is 9.92. The molecule has 0 amide bonds. The van der Waals surface area contributed by atoms with Gasteiger partial charge in [0.25, 0.3) is 0 Å².